The lowest BCUT2D eigenvalue weighted by Crippen LogP contribution is -2.36. The number of benzene rings is 2. The third-order valence-corrected chi connectivity index (χ3v) is 7.27. The molecule has 1 aliphatic carbocycles. The second-order valence-electron chi connectivity index (χ2n) is 9.55. The second-order valence-corrected chi connectivity index (χ2v) is 9.55. The number of methoxy groups -OCH3 is 1. The highest BCUT2D eigenvalue weighted by Gasteiger charge is 2.28. The lowest BCUT2D eigenvalue weighted by atomic mass is 9.76. The molecule has 0 aromatic heterocycles. The van der Waals surface area contributed by atoms with Gasteiger partial charge in [-0.3, -0.25) is 4.79 Å². The van der Waals surface area contributed by atoms with Crippen LogP contribution in [0, 0.1) is 6.92 Å². The third-order valence-electron chi connectivity index (χ3n) is 7.27. The van der Waals surface area contributed by atoms with Gasteiger partial charge in [0.1, 0.15) is 5.75 Å². The zero-order valence-electron chi connectivity index (χ0n) is 20.1. The first-order chi connectivity index (χ1) is 15.9. The van der Waals surface area contributed by atoms with Gasteiger partial charge in [-0.05, 0) is 84.8 Å². The van der Waals surface area contributed by atoms with Gasteiger partial charge in [0.15, 0.2) is 0 Å². The summed E-state index contributed by atoms with van der Waals surface area (Å²) >= 11 is 0. The summed E-state index contributed by atoms with van der Waals surface area (Å²) in [5, 5.41) is 19.1. The van der Waals surface area contributed by atoms with Crippen LogP contribution in [0.5, 0.6) is 5.75 Å². The highest BCUT2D eigenvalue weighted by atomic mass is 16.5. The molecule has 1 aliphatic heterocycles. The monoisotopic (exact) mass is 452 g/mol. The molecule has 0 unspecified atom stereocenters. The predicted molar refractivity (Wildman–Crippen MR) is 129 cm³/mol. The van der Waals surface area contributed by atoms with E-state index in [9.17, 15) is 15.0 Å². The Morgan fingerprint density at radius 3 is 2.52 bits per heavy atom. The van der Waals surface area contributed by atoms with Crippen molar-refractivity contribution in [3.63, 3.8) is 0 Å². The van der Waals surface area contributed by atoms with E-state index in [0.29, 0.717) is 24.4 Å². The highest BCUT2D eigenvalue weighted by molar-refractivity contribution is 5.80. The molecule has 4 rings (SSSR count). The van der Waals surface area contributed by atoms with Crippen molar-refractivity contribution < 1.29 is 19.7 Å². The molecular weight excluding hydrogens is 416 g/mol. The smallest absolute Gasteiger partial charge is 0.227 e. The van der Waals surface area contributed by atoms with Crippen LogP contribution in [0.3, 0.4) is 0 Å². The third kappa shape index (κ3) is 5.08. The number of aryl methyl sites for hydroxylation is 1. The van der Waals surface area contributed by atoms with Crippen LogP contribution in [-0.4, -0.2) is 66.3 Å². The Balaban J connectivity index is 1.28. The van der Waals surface area contributed by atoms with E-state index < -0.39 is 0 Å². The maximum atomic E-state index is 12.9. The van der Waals surface area contributed by atoms with Gasteiger partial charge in [0.05, 0.1) is 26.7 Å². The van der Waals surface area contributed by atoms with Crippen LogP contribution < -0.4 is 4.74 Å². The largest absolute Gasteiger partial charge is 0.496 e. The van der Waals surface area contributed by atoms with E-state index in [1.165, 1.54) is 16.7 Å². The van der Waals surface area contributed by atoms with Crippen molar-refractivity contribution in [2.75, 3.05) is 40.3 Å². The van der Waals surface area contributed by atoms with Gasteiger partial charge >= 0.3 is 0 Å². The van der Waals surface area contributed by atoms with Gasteiger partial charge < -0.3 is 24.7 Å². The minimum atomic E-state index is -0.120. The lowest BCUT2D eigenvalue weighted by Gasteiger charge is -2.34. The molecule has 6 nitrogen and oxygen atoms in total. The summed E-state index contributed by atoms with van der Waals surface area (Å²) in [6.07, 6.45) is 3.22. The number of nitrogens with zero attached hydrogens (tertiary/aromatic N) is 2. The summed E-state index contributed by atoms with van der Waals surface area (Å²) in [5.41, 5.74) is 7.61. The lowest BCUT2D eigenvalue weighted by molar-refractivity contribution is -0.130. The SMILES string of the molecule is COc1cc2c(cc1C)C[C@@H]2CN(C)CCCN1CCc2cc(CO)c(CO)cc2CC1=O. The molecule has 0 bridgehead atoms. The fourth-order valence-corrected chi connectivity index (χ4v) is 5.32. The number of amides is 1. The molecule has 0 fully saturated rings. The number of hydrogen-bond acceptors (Lipinski definition) is 5. The molecule has 1 heterocycles. The van der Waals surface area contributed by atoms with Crippen molar-refractivity contribution in [1.29, 1.82) is 0 Å². The average Bonchev–Trinajstić information content (AvgIpc) is 2.95. The first-order valence-electron chi connectivity index (χ1n) is 11.9. The van der Waals surface area contributed by atoms with Crippen LogP contribution >= 0.6 is 0 Å². The van der Waals surface area contributed by atoms with Gasteiger partial charge in [-0.25, -0.2) is 0 Å². The Labute approximate surface area is 196 Å². The van der Waals surface area contributed by atoms with Gasteiger partial charge in [-0.15, -0.1) is 0 Å². The summed E-state index contributed by atoms with van der Waals surface area (Å²) in [5.74, 6) is 1.67. The van der Waals surface area contributed by atoms with E-state index in [-0.39, 0.29) is 19.1 Å². The molecule has 0 spiro atoms. The Hall–Kier alpha value is -2.41. The van der Waals surface area contributed by atoms with Gasteiger partial charge in [0.2, 0.25) is 5.91 Å². The molecule has 6 heteroatoms. The summed E-state index contributed by atoms with van der Waals surface area (Å²) in [7, 11) is 3.89. The van der Waals surface area contributed by atoms with E-state index in [0.717, 1.165) is 61.3 Å². The summed E-state index contributed by atoms with van der Waals surface area (Å²) < 4.78 is 5.49. The summed E-state index contributed by atoms with van der Waals surface area (Å²) in [6.45, 7) is 5.31. The van der Waals surface area contributed by atoms with Crippen LogP contribution in [0.25, 0.3) is 0 Å². The van der Waals surface area contributed by atoms with E-state index >= 15 is 0 Å². The number of carbonyl (C=O) groups excluding carboxylic acids is 1. The Kier molecular flexibility index (Phi) is 7.37. The highest BCUT2D eigenvalue weighted by Crippen LogP contribution is 2.39. The van der Waals surface area contributed by atoms with Gasteiger partial charge in [0.25, 0.3) is 0 Å². The second kappa shape index (κ2) is 10.2. The van der Waals surface area contributed by atoms with E-state index in [1.807, 2.05) is 17.0 Å². The van der Waals surface area contributed by atoms with Crippen molar-refractivity contribution >= 4 is 5.91 Å². The molecular formula is C27H36N2O4. The predicted octanol–water partition coefficient (Wildman–Crippen LogP) is 2.58. The van der Waals surface area contributed by atoms with Crippen molar-refractivity contribution in [3.05, 3.63) is 63.2 Å². The van der Waals surface area contributed by atoms with Crippen LogP contribution in [-0.2, 0) is 37.3 Å². The quantitative estimate of drug-likeness (QED) is 0.612. The van der Waals surface area contributed by atoms with Crippen LogP contribution in [0.1, 0.15) is 51.3 Å². The molecule has 0 radical (unpaired) electrons. The molecule has 33 heavy (non-hydrogen) atoms. The molecule has 1 atom stereocenters. The molecule has 0 saturated heterocycles. The zero-order chi connectivity index (χ0) is 23.5. The topological polar surface area (TPSA) is 73.2 Å². The van der Waals surface area contributed by atoms with Crippen molar-refractivity contribution in [1.82, 2.24) is 9.80 Å². The zero-order valence-corrected chi connectivity index (χ0v) is 20.1. The Bertz CT molecular complexity index is 1020. The number of carbonyl (C=O) groups is 1. The minimum Gasteiger partial charge on any atom is -0.496 e. The first-order valence-corrected chi connectivity index (χ1v) is 11.9. The summed E-state index contributed by atoms with van der Waals surface area (Å²) in [4.78, 5) is 17.2. The maximum absolute atomic E-state index is 12.9. The molecule has 2 aliphatic rings. The molecule has 178 valence electrons. The number of likely N-dealkylation sites (N-methyl/N-ethyl adjacent to an activating group) is 1. The fraction of sp³-hybridized carbons (Fsp3) is 0.519. The number of fused-ring (bicyclic) bond motifs is 2. The molecule has 2 aromatic carbocycles. The fourth-order valence-electron chi connectivity index (χ4n) is 5.32. The molecule has 2 N–H and O–H groups in total. The van der Waals surface area contributed by atoms with Crippen LogP contribution in [0.15, 0.2) is 24.3 Å². The molecule has 2 aromatic rings. The normalized spacial score (nSPS) is 17.5. The van der Waals surface area contributed by atoms with Gasteiger partial charge in [-0.1, -0.05) is 18.2 Å². The van der Waals surface area contributed by atoms with Crippen molar-refractivity contribution in [3.8, 4) is 5.75 Å². The van der Waals surface area contributed by atoms with E-state index in [4.69, 9.17) is 4.74 Å². The van der Waals surface area contributed by atoms with Crippen LogP contribution in [0.2, 0.25) is 0 Å². The molecule has 0 saturated carbocycles. The number of hydrogen-bond donors (Lipinski definition) is 2. The number of aliphatic hydroxyl groups is 2. The van der Waals surface area contributed by atoms with Gasteiger partial charge in [0, 0.05) is 25.6 Å². The van der Waals surface area contributed by atoms with Crippen LogP contribution in [0.4, 0.5) is 0 Å². The number of aliphatic hydroxyl groups excluding tert-OH is 2. The van der Waals surface area contributed by atoms with E-state index in [1.54, 1.807) is 7.11 Å². The standard InChI is InChI=1S/C27H36N2O4/c1-18-9-21-12-22(25(21)14-26(18)33-3)15-28(2)6-4-7-29-8-5-19-10-23(16-30)24(17-31)11-20(19)13-27(29)32/h9-11,14,22,30-31H,4-8,12-13,15-17H2,1-3H3/t22-/m1/s1. The Morgan fingerprint density at radius 2 is 1.82 bits per heavy atom. The first kappa shape index (κ1) is 23.7. The van der Waals surface area contributed by atoms with Gasteiger partial charge in [-0.2, -0.15) is 0 Å². The number of rotatable bonds is 9. The minimum absolute atomic E-state index is 0.0922. The average molecular weight is 453 g/mol. The van der Waals surface area contributed by atoms with Crippen molar-refractivity contribution in [2.24, 2.45) is 0 Å². The number of ether oxygens (including phenoxy) is 1. The maximum Gasteiger partial charge on any atom is 0.227 e. The Morgan fingerprint density at radius 1 is 1.09 bits per heavy atom. The van der Waals surface area contributed by atoms with Crippen molar-refractivity contribution in [2.45, 2.75) is 51.7 Å². The molecule has 1 amide bonds. The summed E-state index contributed by atoms with van der Waals surface area (Å²) in [6, 6.07) is 8.30. The van der Waals surface area contributed by atoms with E-state index in [2.05, 4.69) is 31.0 Å².